The van der Waals surface area contributed by atoms with Crippen LogP contribution in [0.25, 0.3) is 0 Å². The first kappa shape index (κ1) is 12.8. The van der Waals surface area contributed by atoms with Crippen molar-refractivity contribution in [3.8, 4) is 0 Å². The van der Waals surface area contributed by atoms with E-state index in [2.05, 4.69) is 17.3 Å². The Bertz CT molecular complexity index is 287. The van der Waals surface area contributed by atoms with Gasteiger partial charge < -0.3 is 9.64 Å². The molecule has 4 heteroatoms. The van der Waals surface area contributed by atoms with Crippen LogP contribution in [0, 0.1) is 0 Å². The van der Waals surface area contributed by atoms with Crippen LogP contribution in [0.4, 0.5) is 0 Å². The Morgan fingerprint density at radius 2 is 2.06 bits per heavy atom. The highest BCUT2D eigenvalue weighted by Crippen LogP contribution is 2.29. The van der Waals surface area contributed by atoms with Crippen molar-refractivity contribution in [1.29, 1.82) is 0 Å². The lowest BCUT2D eigenvalue weighted by atomic mass is 10.0. The van der Waals surface area contributed by atoms with Crippen LogP contribution in [0.2, 0.25) is 0 Å². The fraction of sp³-hybridized carbons (Fsp3) is 0.923. The van der Waals surface area contributed by atoms with Crippen LogP contribution in [-0.2, 0) is 9.53 Å². The molecule has 1 unspecified atom stereocenters. The summed E-state index contributed by atoms with van der Waals surface area (Å²) in [7, 11) is 2.10. The van der Waals surface area contributed by atoms with Gasteiger partial charge in [0.25, 0.3) is 0 Å². The molecule has 0 heterocycles. The number of carbonyl (C=O) groups is 1. The highest BCUT2D eigenvalue weighted by molar-refractivity contribution is 5.80. The fourth-order valence-corrected chi connectivity index (χ4v) is 2.28. The van der Waals surface area contributed by atoms with Crippen molar-refractivity contribution in [1.82, 2.24) is 10.2 Å². The summed E-state index contributed by atoms with van der Waals surface area (Å²) in [5, 5.41) is 3.45. The van der Waals surface area contributed by atoms with Gasteiger partial charge in [-0.25, -0.2) is 0 Å². The van der Waals surface area contributed by atoms with Gasteiger partial charge in [0.2, 0.25) is 0 Å². The number of hydrogen-bond acceptors (Lipinski definition) is 4. The molecule has 1 atom stereocenters. The van der Waals surface area contributed by atoms with Crippen molar-refractivity contribution in [2.75, 3.05) is 20.2 Å². The average molecular weight is 240 g/mol. The van der Waals surface area contributed by atoms with Crippen molar-refractivity contribution in [3.63, 3.8) is 0 Å². The van der Waals surface area contributed by atoms with Crippen LogP contribution in [0.3, 0.4) is 0 Å². The maximum absolute atomic E-state index is 12.1. The molecular formula is C13H24N2O2. The van der Waals surface area contributed by atoms with Gasteiger partial charge in [-0.3, -0.25) is 10.1 Å². The van der Waals surface area contributed by atoms with E-state index < -0.39 is 5.54 Å². The number of nitrogens with one attached hydrogen (secondary N) is 1. The molecule has 0 spiro atoms. The first-order valence-corrected chi connectivity index (χ1v) is 6.70. The topological polar surface area (TPSA) is 41.6 Å². The van der Waals surface area contributed by atoms with Gasteiger partial charge in [0.05, 0.1) is 6.61 Å². The van der Waals surface area contributed by atoms with E-state index in [1.54, 1.807) is 0 Å². The van der Waals surface area contributed by atoms with Gasteiger partial charge in [0.15, 0.2) is 0 Å². The summed E-state index contributed by atoms with van der Waals surface area (Å²) >= 11 is 0. The molecule has 0 amide bonds. The molecule has 2 saturated carbocycles. The lowest BCUT2D eigenvalue weighted by Gasteiger charge is -2.33. The Labute approximate surface area is 104 Å². The summed E-state index contributed by atoms with van der Waals surface area (Å²) in [6.45, 7) is 5.03. The highest BCUT2D eigenvalue weighted by Gasteiger charge is 2.42. The van der Waals surface area contributed by atoms with Crippen LogP contribution < -0.4 is 5.32 Å². The van der Waals surface area contributed by atoms with E-state index in [-0.39, 0.29) is 5.97 Å². The summed E-state index contributed by atoms with van der Waals surface area (Å²) in [5.41, 5.74) is -0.547. The number of rotatable bonds is 7. The molecule has 0 bridgehead atoms. The maximum atomic E-state index is 12.1. The predicted molar refractivity (Wildman–Crippen MR) is 66.8 cm³/mol. The summed E-state index contributed by atoms with van der Waals surface area (Å²) in [5.74, 6) is -0.112. The third-order valence-corrected chi connectivity index (χ3v) is 3.56. The molecular weight excluding hydrogens is 216 g/mol. The maximum Gasteiger partial charge on any atom is 0.327 e. The van der Waals surface area contributed by atoms with Gasteiger partial charge in [-0.15, -0.1) is 0 Å². The van der Waals surface area contributed by atoms with E-state index >= 15 is 0 Å². The smallest absolute Gasteiger partial charge is 0.327 e. The van der Waals surface area contributed by atoms with Gasteiger partial charge in [-0.05, 0) is 46.6 Å². The highest BCUT2D eigenvalue weighted by atomic mass is 16.5. The Morgan fingerprint density at radius 3 is 2.53 bits per heavy atom. The van der Waals surface area contributed by atoms with Crippen LogP contribution in [-0.4, -0.2) is 48.7 Å². The number of nitrogens with zero attached hydrogens (tertiary/aromatic N) is 1. The molecule has 0 aliphatic heterocycles. The van der Waals surface area contributed by atoms with Crippen molar-refractivity contribution < 1.29 is 9.53 Å². The summed E-state index contributed by atoms with van der Waals surface area (Å²) in [6.07, 6.45) is 4.89. The average Bonchev–Trinajstić information content (AvgIpc) is 3.12. The van der Waals surface area contributed by atoms with Crippen LogP contribution >= 0.6 is 0 Å². The Hall–Kier alpha value is -0.610. The molecule has 98 valence electrons. The van der Waals surface area contributed by atoms with Crippen molar-refractivity contribution in [2.45, 2.75) is 57.2 Å². The lowest BCUT2D eigenvalue weighted by molar-refractivity contribution is -0.151. The molecule has 4 nitrogen and oxygen atoms in total. The Morgan fingerprint density at radius 1 is 1.41 bits per heavy atom. The number of likely N-dealkylation sites (N-methyl/N-ethyl adjacent to an activating group) is 1. The number of ether oxygens (including phenoxy) is 1. The lowest BCUT2D eigenvalue weighted by Crippen LogP contribution is -2.58. The van der Waals surface area contributed by atoms with Crippen LogP contribution in [0.5, 0.6) is 0 Å². The monoisotopic (exact) mass is 240 g/mol. The third-order valence-electron chi connectivity index (χ3n) is 3.56. The van der Waals surface area contributed by atoms with E-state index in [1.807, 2.05) is 13.8 Å². The van der Waals surface area contributed by atoms with Crippen molar-refractivity contribution >= 4 is 5.97 Å². The van der Waals surface area contributed by atoms with Gasteiger partial charge in [0, 0.05) is 18.6 Å². The fourth-order valence-electron chi connectivity index (χ4n) is 2.28. The number of hydrogen-bond donors (Lipinski definition) is 1. The van der Waals surface area contributed by atoms with Gasteiger partial charge in [0.1, 0.15) is 5.54 Å². The van der Waals surface area contributed by atoms with Gasteiger partial charge in [-0.2, -0.15) is 0 Å². The van der Waals surface area contributed by atoms with Crippen LogP contribution in [0.15, 0.2) is 0 Å². The molecule has 0 aromatic carbocycles. The quantitative estimate of drug-likeness (QED) is 0.678. The zero-order chi connectivity index (χ0) is 12.5. The van der Waals surface area contributed by atoms with E-state index in [0.717, 1.165) is 6.54 Å². The zero-order valence-electron chi connectivity index (χ0n) is 11.2. The normalized spacial score (nSPS) is 23.5. The molecule has 0 saturated heterocycles. The molecule has 0 aromatic heterocycles. The molecule has 2 fully saturated rings. The standard InChI is InChI=1S/C13H24N2O2/c1-4-17-12(16)13(2,14-10-5-6-10)9-15(3)11-7-8-11/h10-11,14H,4-9H2,1-3H3. The minimum absolute atomic E-state index is 0.112. The predicted octanol–water partition coefficient (Wildman–Crippen LogP) is 1.15. The second-order valence-corrected chi connectivity index (χ2v) is 5.62. The van der Waals surface area contributed by atoms with E-state index in [1.165, 1.54) is 25.7 Å². The molecule has 17 heavy (non-hydrogen) atoms. The Kier molecular flexibility index (Phi) is 3.73. The second-order valence-electron chi connectivity index (χ2n) is 5.62. The van der Waals surface area contributed by atoms with E-state index in [0.29, 0.717) is 18.7 Å². The molecule has 2 aliphatic carbocycles. The van der Waals surface area contributed by atoms with Gasteiger partial charge in [-0.1, -0.05) is 0 Å². The largest absolute Gasteiger partial charge is 0.465 e. The minimum Gasteiger partial charge on any atom is -0.465 e. The molecule has 2 rings (SSSR count). The summed E-state index contributed by atoms with van der Waals surface area (Å²) < 4.78 is 5.21. The Balaban J connectivity index is 1.95. The first-order chi connectivity index (χ1) is 8.05. The second kappa shape index (κ2) is 4.94. The van der Waals surface area contributed by atoms with Gasteiger partial charge >= 0.3 is 5.97 Å². The number of esters is 1. The molecule has 1 N–H and O–H groups in total. The molecule has 2 aliphatic rings. The zero-order valence-corrected chi connectivity index (χ0v) is 11.2. The summed E-state index contributed by atoms with van der Waals surface area (Å²) in [4.78, 5) is 14.4. The number of carbonyl (C=O) groups excluding carboxylic acids is 1. The third kappa shape index (κ3) is 3.42. The van der Waals surface area contributed by atoms with Crippen molar-refractivity contribution in [2.24, 2.45) is 0 Å². The first-order valence-electron chi connectivity index (χ1n) is 6.70. The molecule has 0 aromatic rings. The minimum atomic E-state index is -0.547. The van der Waals surface area contributed by atoms with Crippen molar-refractivity contribution in [3.05, 3.63) is 0 Å². The molecule has 0 radical (unpaired) electrons. The summed E-state index contributed by atoms with van der Waals surface area (Å²) in [6, 6.07) is 1.18. The van der Waals surface area contributed by atoms with Crippen LogP contribution in [0.1, 0.15) is 39.5 Å². The van der Waals surface area contributed by atoms with E-state index in [9.17, 15) is 4.79 Å². The SMILES string of the molecule is CCOC(=O)C(C)(CN(C)C1CC1)NC1CC1. The van der Waals surface area contributed by atoms with E-state index in [4.69, 9.17) is 4.74 Å².